The largest absolute Gasteiger partial charge is 0.365 e. The molecule has 0 saturated carbocycles. The van der Waals surface area contributed by atoms with E-state index < -0.39 is 0 Å². The highest BCUT2D eigenvalue weighted by atomic mass is 32.1. The summed E-state index contributed by atoms with van der Waals surface area (Å²) in [5, 5.41) is 9.51. The summed E-state index contributed by atoms with van der Waals surface area (Å²) < 4.78 is 1.37. The van der Waals surface area contributed by atoms with E-state index in [9.17, 15) is 4.79 Å². The van der Waals surface area contributed by atoms with Crippen molar-refractivity contribution in [3.63, 3.8) is 0 Å². The molecule has 3 aromatic heterocycles. The number of H-pyrrole nitrogens is 1. The Labute approximate surface area is 113 Å². The zero-order valence-electron chi connectivity index (χ0n) is 10.4. The number of rotatable bonds is 4. The number of hydrogen-bond donors (Lipinski definition) is 2. The Morgan fingerprint density at radius 3 is 3.05 bits per heavy atom. The topological polar surface area (TPSA) is 75.1 Å². The molecule has 98 valence electrons. The average Bonchev–Trinajstić information content (AvgIpc) is 3.03. The second-order valence-electron chi connectivity index (χ2n) is 4.11. The third-order valence-corrected chi connectivity index (χ3v) is 4.05. The molecule has 2 N–H and O–H groups in total. The van der Waals surface area contributed by atoms with Crippen molar-refractivity contribution < 1.29 is 0 Å². The van der Waals surface area contributed by atoms with Crippen LogP contribution >= 0.6 is 11.3 Å². The van der Waals surface area contributed by atoms with Crippen LogP contribution in [0.2, 0.25) is 0 Å². The zero-order valence-corrected chi connectivity index (χ0v) is 11.2. The van der Waals surface area contributed by atoms with Crippen molar-refractivity contribution in [1.82, 2.24) is 19.6 Å². The summed E-state index contributed by atoms with van der Waals surface area (Å²) in [6.07, 6.45) is 2.53. The maximum atomic E-state index is 11.3. The third kappa shape index (κ3) is 2.37. The molecule has 7 heteroatoms. The second kappa shape index (κ2) is 4.85. The van der Waals surface area contributed by atoms with Crippen LogP contribution in [0, 0.1) is 0 Å². The number of nitrogens with zero attached hydrogens (tertiary/aromatic N) is 3. The van der Waals surface area contributed by atoms with Crippen LogP contribution in [0.5, 0.6) is 0 Å². The van der Waals surface area contributed by atoms with Crippen LogP contribution in [0.3, 0.4) is 0 Å². The number of thiophene rings is 1. The van der Waals surface area contributed by atoms with Gasteiger partial charge in [-0.2, -0.15) is 5.10 Å². The third-order valence-electron chi connectivity index (χ3n) is 2.82. The van der Waals surface area contributed by atoms with E-state index in [-0.39, 0.29) is 5.69 Å². The first-order valence-electron chi connectivity index (χ1n) is 6.00. The molecule has 0 aromatic carbocycles. The molecule has 3 aromatic rings. The van der Waals surface area contributed by atoms with Gasteiger partial charge < -0.3 is 5.32 Å². The molecule has 0 fully saturated rings. The first-order chi connectivity index (χ1) is 9.26. The smallest absolute Gasteiger partial charge is 0.348 e. The molecule has 0 aliphatic heterocycles. The molecule has 0 bridgehead atoms. The number of anilines is 1. The van der Waals surface area contributed by atoms with Gasteiger partial charge in [0.15, 0.2) is 5.65 Å². The van der Waals surface area contributed by atoms with Crippen LogP contribution in [0.1, 0.15) is 16.7 Å². The number of aromatic amines is 1. The molecular weight excluding hydrogens is 262 g/mol. The fraction of sp³-hybridized carbons (Fsp3) is 0.250. The first kappa shape index (κ1) is 11.9. The van der Waals surface area contributed by atoms with E-state index in [0.29, 0.717) is 11.5 Å². The van der Waals surface area contributed by atoms with E-state index >= 15 is 0 Å². The minimum Gasteiger partial charge on any atom is -0.365 e. The molecule has 3 rings (SSSR count). The molecular formula is C12H13N5OS. The molecule has 0 atom stereocenters. The summed E-state index contributed by atoms with van der Waals surface area (Å²) in [7, 11) is 0. The normalized spacial score (nSPS) is 11.0. The predicted octanol–water partition coefficient (Wildman–Crippen LogP) is 1.65. The lowest BCUT2D eigenvalue weighted by molar-refractivity contribution is 0.992. The number of aryl methyl sites for hydroxylation is 1. The van der Waals surface area contributed by atoms with Gasteiger partial charge in [-0.05, 0) is 18.6 Å². The number of nitrogens with one attached hydrogen (secondary N) is 2. The fourth-order valence-electron chi connectivity index (χ4n) is 1.79. The van der Waals surface area contributed by atoms with E-state index in [2.05, 4.69) is 39.6 Å². The van der Waals surface area contributed by atoms with Crippen molar-refractivity contribution in [2.24, 2.45) is 0 Å². The quantitative estimate of drug-likeness (QED) is 0.759. The van der Waals surface area contributed by atoms with Crippen molar-refractivity contribution in [3.8, 4) is 0 Å². The van der Waals surface area contributed by atoms with Gasteiger partial charge in [-0.15, -0.1) is 11.3 Å². The van der Waals surface area contributed by atoms with E-state index in [1.165, 1.54) is 20.5 Å². The van der Waals surface area contributed by atoms with Gasteiger partial charge in [-0.1, -0.05) is 6.92 Å². The molecule has 0 radical (unpaired) electrons. The molecule has 0 aliphatic carbocycles. The van der Waals surface area contributed by atoms with Crippen molar-refractivity contribution in [2.45, 2.75) is 19.9 Å². The van der Waals surface area contributed by atoms with Gasteiger partial charge in [0.05, 0.1) is 6.54 Å². The van der Waals surface area contributed by atoms with E-state index in [1.54, 1.807) is 17.4 Å². The minimum absolute atomic E-state index is 0.278. The molecule has 19 heavy (non-hydrogen) atoms. The Morgan fingerprint density at radius 1 is 1.42 bits per heavy atom. The fourth-order valence-corrected chi connectivity index (χ4v) is 2.69. The standard InChI is InChI=1S/C12H13N5OS/c1-2-8-3-4-9(19-8)6-13-10-5-11-15-16-12(18)17(11)7-14-10/h3-5,7,13H,2,6H2,1H3,(H,16,18). The molecule has 0 saturated heterocycles. The lowest BCUT2D eigenvalue weighted by atomic mass is 10.3. The van der Waals surface area contributed by atoms with E-state index in [4.69, 9.17) is 0 Å². The van der Waals surface area contributed by atoms with Crippen molar-refractivity contribution in [2.75, 3.05) is 5.32 Å². The molecule has 0 spiro atoms. The summed E-state index contributed by atoms with van der Waals surface area (Å²) in [5.74, 6) is 0.706. The second-order valence-corrected chi connectivity index (χ2v) is 5.36. The maximum Gasteiger partial charge on any atom is 0.348 e. The summed E-state index contributed by atoms with van der Waals surface area (Å²) >= 11 is 1.79. The Kier molecular flexibility index (Phi) is 3.04. The predicted molar refractivity (Wildman–Crippen MR) is 74.6 cm³/mol. The van der Waals surface area contributed by atoms with Crippen molar-refractivity contribution in [1.29, 1.82) is 0 Å². The Hall–Kier alpha value is -2.15. The van der Waals surface area contributed by atoms with Gasteiger partial charge >= 0.3 is 5.69 Å². The van der Waals surface area contributed by atoms with E-state index in [0.717, 1.165) is 13.0 Å². The summed E-state index contributed by atoms with van der Waals surface area (Å²) in [5.41, 5.74) is 0.280. The molecule has 3 heterocycles. The summed E-state index contributed by atoms with van der Waals surface area (Å²) in [6, 6.07) is 6.01. The Balaban J connectivity index is 1.76. The minimum atomic E-state index is -0.278. The Morgan fingerprint density at radius 2 is 2.26 bits per heavy atom. The summed E-state index contributed by atoms with van der Waals surface area (Å²) in [6.45, 7) is 2.87. The average molecular weight is 275 g/mol. The maximum absolute atomic E-state index is 11.3. The monoisotopic (exact) mass is 275 g/mol. The lowest BCUT2D eigenvalue weighted by Gasteiger charge is -2.03. The van der Waals surface area contributed by atoms with Crippen molar-refractivity contribution >= 4 is 22.8 Å². The van der Waals surface area contributed by atoms with E-state index in [1.807, 2.05) is 0 Å². The van der Waals surface area contributed by atoms with Crippen LogP contribution in [0.15, 0.2) is 29.3 Å². The highest BCUT2D eigenvalue weighted by molar-refractivity contribution is 7.12. The highest BCUT2D eigenvalue weighted by Gasteiger charge is 2.03. The first-order valence-corrected chi connectivity index (χ1v) is 6.82. The highest BCUT2D eigenvalue weighted by Crippen LogP contribution is 2.18. The van der Waals surface area contributed by atoms with Gasteiger partial charge in [0.1, 0.15) is 12.1 Å². The lowest BCUT2D eigenvalue weighted by Crippen LogP contribution is -2.10. The van der Waals surface area contributed by atoms with Crippen LogP contribution in [-0.2, 0) is 13.0 Å². The van der Waals surface area contributed by atoms with Gasteiger partial charge in [-0.3, -0.25) is 0 Å². The Bertz CT molecular complexity index is 757. The van der Waals surface area contributed by atoms with Crippen LogP contribution in [0.4, 0.5) is 5.82 Å². The molecule has 0 unspecified atom stereocenters. The van der Waals surface area contributed by atoms with Gasteiger partial charge in [0.2, 0.25) is 0 Å². The van der Waals surface area contributed by atoms with Gasteiger partial charge in [-0.25, -0.2) is 19.3 Å². The number of aromatic nitrogens is 4. The number of fused-ring (bicyclic) bond motifs is 1. The molecule has 0 amide bonds. The van der Waals surface area contributed by atoms with Crippen LogP contribution in [-0.4, -0.2) is 19.6 Å². The van der Waals surface area contributed by atoms with Crippen LogP contribution < -0.4 is 11.0 Å². The molecule has 0 aliphatic rings. The summed E-state index contributed by atoms with van der Waals surface area (Å²) in [4.78, 5) is 18.1. The van der Waals surface area contributed by atoms with Gasteiger partial charge in [0, 0.05) is 15.8 Å². The van der Waals surface area contributed by atoms with Crippen molar-refractivity contribution in [3.05, 3.63) is 44.8 Å². The SMILES string of the molecule is CCc1ccc(CNc2cc3n[nH]c(=O)n3cn2)s1. The van der Waals surface area contributed by atoms with Gasteiger partial charge in [0.25, 0.3) is 0 Å². The van der Waals surface area contributed by atoms with Crippen LogP contribution in [0.25, 0.3) is 5.65 Å². The number of hydrogen-bond acceptors (Lipinski definition) is 5. The molecule has 6 nitrogen and oxygen atoms in total. The zero-order chi connectivity index (χ0) is 13.2.